The van der Waals surface area contributed by atoms with Gasteiger partial charge in [-0.25, -0.2) is 4.98 Å². The predicted octanol–water partition coefficient (Wildman–Crippen LogP) is 1.87. The van der Waals surface area contributed by atoms with E-state index in [9.17, 15) is 9.59 Å². The van der Waals surface area contributed by atoms with Crippen LogP contribution >= 0.6 is 11.3 Å². The van der Waals surface area contributed by atoms with Crippen LogP contribution in [0.4, 0.5) is 0 Å². The van der Waals surface area contributed by atoms with Gasteiger partial charge in [-0.15, -0.1) is 11.3 Å². The predicted molar refractivity (Wildman–Crippen MR) is 64.0 cm³/mol. The fourth-order valence-corrected chi connectivity index (χ4v) is 3.11. The molecule has 1 unspecified atom stereocenters. The molecule has 1 aliphatic rings. The van der Waals surface area contributed by atoms with Crippen molar-refractivity contribution in [2.45, 2.75) is 38.5 Å². The largest absolute Gasteiger partial charge is 0.466 e. The molecule has 1 aliphatic carbocycles. The lowest BCUT2D eigenvalue weighted by Gasteiger charge is -2.30. The number of ether oxygens (including phenoxy) is 1. The van der Waals surface area contributed by atoms with E-state index in [1.165, 1.54) is 0 Å². The van der Waals surface area contributed by atoms with Crippen LogP contribution in [0.15, 0.2) is 5.51 Å². The van der Waals surface area contributed by atoms with E-state index in [1.807, 2.05) is 0 Å². The van der Waals surface area contributed by atoms with E-state index in [1.54, 1.807) is 30.7 Å². The molecule has 17 heavy (non-hydrogen) atoms. The van der Waals surface area contributed by atoms with Gasteiger partial charge in [-0.3, -0.25) is 9.59 Å². The standard InChI is InChI=1S/C12H15NO3S/c1-3-16-10(15)6-12(2)9(14)5-4-8-11(12)13-7-17-8/h7H,3-6H2,1-2H3. The minimum absolute atomic E-state index is 0.0870. The Hall–Kier alpha value is -1.23. The smallest absolute Gasteiger partial charge is 0.307 e. The highest BCUT2D eigenvalue weighted by Gasteiger charge is 2.43. The quantitative estimate of drug-likeness (QED) is 0.772. The first-order valence-electron chi connectivity index (χ1n) is 5.69. The lowest BCUT2D eigenvalue weighted by Crippen LogP contribution is -2.39. The summed E-state index contributed by atoms with van der Waals surface area (Å²) in [5.41, 5.74) is 1.72. The molecule has 0 bridgehead atoms. The monoisotopic (exact) mass is 253 g/mol. The van der Waals surface area contributed by atoms with Gasteiger partial charge >= 0.3 is 5.97 Å². The lowest BCUT2D eigenvalue weighted by atomic mass is 9.73. The van der Waals surface area contributed by atoms with Crippen molar-refractivity contribution in [3.63, 3.8) is 0 Å². The Kier molecular flexibility index (Phi) is 3.28. The van der Waals surface area contributed by atoms with Crippen LogP contribution in [-0.4, -0.2) is 23.3 Å². The SMILES string of the molecule is CCOC(=O)CC1(C)C(=O)CCc2scnc21. The Morgan fingerprint density at radius 2 is 2.35 bits per heavy atom. The summed E-state index contributed by atoms with van der Waals surface area (Å²) >= 11 is 1.55. The summed E-state index contributed by atoms with van der Waals surface area (Å²) in [6.07, 6.45) is 1.33. The fraction of sp³-hybridized carbons (Fsp3) is 0.583. The number of esters is 1. The highest BCUT2D eigenvalue weighted by atomic mass is 32.1. The molecule has 2 rings (SSSR count). The van der Waals surface area contributed by atoms with Crippen LogP contribution in [0.25, 0.3) is 0 Å². The zero-order chi connectivity index (χ0) is 12.5. The van der Waals surface area contributed by atoms with Crippen molar-refractivity contribution in [1.82, 2.24) is 4.98 Å². The molecule has 4 nitrogen and oxygen atoms in total. The summed E-state index contributed by atoms with van der Waals surface area (Å²) in [5.74, 6) is -0.242. The molecular weight excluding hydrogens is 238 g/mol. The van der Waals surface area contributed by atoms with Crippen molar-refractivity contribution in [2.24, 2.45) is 0 Å². The maximum absolute atomic E-state index is 12.1. The molecule has 0 N–H and O–H groups in total. The van der Waals surface area contributed by atoms with Crippen LogP contribution < -0.4 is 0 Å². The molecule has 0 saturated carbocycles. The summed E-state index contributed by atoms with van der Waals surface area (Å²) in [4.78, 5) is 29.1. The van der Waals surface area contributed by atoms with Crippen molar-refractivity contribution < 1.29 is 14.3 Å². The molecule has 0 aromatic carbocycles. The second-order valence-corrected chi connectivity index (χ2v) is 5.30. The van der Waals surface area contributed by atoms with Gasteiger partial charge in [0, 0.05) is 11.3 Å². The summed E-state index contributed by atoms with van der Waals surface area (Å²) in [5, 5.41) is 0. The van der Waals surface area contributed by atoms with E-state index in [0.717, 1.165) is 17.0 Å². The number of rotatable bonds is 3. The second kappa shape index (κ2) is 4.56. The number of ketones is 1. The van der Waals surface area contributed by atoms with Gasteiger partial charge < -0.3 is 4.74 Å². The number of thiazole rings is 1. The first kappa shape index (κ1) is 12.2. The molecule has 0 saturated heterocycles. The zero-order valence-corrected chi connectivity index (χ0v) is 10.8. The number of Topliss-reactive ketones (excluding diaryl/α,β-unsaturated/α-hetero) is 1. The third-order valence-electron chi connectivity index (χ3n) is 3.16. The maximum Gasteiger partial charge on any atom is 0.307 e. The maximum atomic E-state index is 12.1. The number of hydrogen-bond acceptors (Lipinski definition) is 5. The van der Waals surface area contributed by atoms with Crippen LogP contribution in [0.3, 0.4) is 0 Å². The van der Waals surface area contributed by atoms with Gasteiger partial charge in [-0.2, -0.15) is 0 Å². The molecule has 1 aromatic heterocycles. The van der Waals surface area contributed by atoms with E-state index < -0.39 is 5.41 Å². The summed E-state index contributed by atoms with van der Waals surface area (Å²) in [6.45, 7) is 3.90. The summed E-state index contributed by atoms with van der Waals surface area (Å²) < 4.78 is 4.93. The number of hydrogen-bond donors (Lipinski definition) is 0. The number of nitrogens with zero attached hydrogens (tertiary/aromatic N) is 1. The van der Waals surface area contributed by atoms with E-state index in [2.05, 4.69) is 4.98 Å². The van der Waals surface area contributed by atoms with Crippen LogP contribution in [0.1, 0.15) is 37.3 Å². The van der Waals surface area contributed by atoms with Crippen molar-refractivity contribution in [2.75, 3.05) is 6.61 Å². The van der Waals surface area contributed by atoms with Crippen LogP contribution in [0.5, 0.6) is 0 Å². The van der Waals surface area contributed by atoms with Crippen molar-refractivity contribution >= 4 is 23.1 Å². The second-order valence-electron chi connectivity index (χ2n) is 4.36. The van der Waals surface area contributed by atoms with Gasteiger partial charge in [0.25, 0.3) is 0 Å². The highest BCUT2D eigenvalue weighted by molar-refractivity contribution is 7.09. The van der Waals surface area contributed by atoms with Gasteiger partial charge in [-0.05, 0) is 20.3 Å². The van der Waals surface area contributed by atoms with Gasteiger partial charge in [0.2, 0.25) is 0 Å². The Morgan fingerprint density at radius 1 is 1.59 bits per heavy atom. The van der Waals surface area contributed by atoms with Crippen molar-refractivity contribution in [1.29, 1.82) is 0 Å². The van der Waals surface area contributed by atoms with Crippen LogP contribution in [0, 0.1) is 0 Å². The van der Waals surface area contributed by atoms with E-state index in [4.69, 9.17) is 4.74 Å². The zero-order valence-electron chi connectivity index (χ0n) is 9.99. The van der Waals surface area contributed by atoms with E-state index in [0.29, 0.717) is 13.0 Å². The van der Waals surface area contributed by atoms with Gasteiger partial charge in [0.15, 0.2) is 0 Å². The van der Waals surface area contributed by atoms with Crippen molar-refractivity contribution in [3.05, 3.63) is 16.1 Å². The highest BCUT2D eigenvalue weighted by Crippen LogP contribution is 2.38. The molecule has 0 amide bonds. The van der Waals surface area contributed by atoms with Crippen LogP contribution in [0.2, 0.25) is 0 Å². The minimum Gasteiger partial charge on any atom is -0.466 e. The van der Waals surface area contributed by atoms with Gasteiger partial charge in [0.05, 0.1) is 29.6 Å². The molecule has 0 aliphatic heterocycles. The normalized spacial score (nSPS) is 23.3. The molecule has 1 atom stereocenters. The average Bonchev–Trinajstić information content (AvgIpc) is 2.73. The number of carbonyl (C=O) groups excluding carboxylic acids is 2. The minimum atomic E-state index is -0.792. The molecule has 0 radical (unpaired) electrons. The average molecular weight is 253 g/mol. The van der Waals surface area contributed by atoms with E-state index in [-0.39, 0.29) is 18.2 Å². The Labute approximate surface area is 104 Å². The molecule has 0 fully saturated rings. The van der Waals surface area contributed by atoms with Gasteiger partial charge in [0.1, 0.15) is 5.78 Å². The number of aryl methyl sites for hydroxylation is 1. The molecule has 1 aromatic rings. The number of aromatic nitrogens is 1. The molecule has 0 spiro atoms. The molecule has 92 valence electrons. The molecule has 1 heterocycles. The number of carbonyl (C=O) groups is 2. The Morgan fingerprint density at radius 3 is 3.06 bits per heavy atom. The first-order chi connectivity index (χ1) is 8.08. The third kappa shape index (κ3) is 2.11. The summed E-state index contributed by atoms with van der Waals surface area (Å²) in [7, 11) is 0. The Bertz CT molecular complexity index is 454. The van der Waals surface area contributed by atoms with E-state index >= 15 is 0 Å². The fourth-order valence-electron chi connectivity index (χ4n) is 2.22. The van der Waals surface area contributed by atoms with Crippen molar-refractivity contribution in [3.8, 4) is 0 Å². The van der Waals surface area contributed by atoms with Crippen LogP contribution in [-0.2, 0) is 26.2 Å². The first-order valence-corrected chi connectivity index (χ1v) is 6.57. The Balaban J connectivity index is 2.29. The lowest BCUT2D eigenvalue weighted by molar-refractivity contribution is -0.147. The third-order valence-corrected chi connectivity index (χ3v) is 4.05. The molecule has 5 heteroatoms. The molecular formula is C12H15NO3S. The van der Waals surface area contributed by atoms with Gasteiger partial charge in [-0.1, -0.05) is 0 Å². The topological polar surface area (TPSA) is 56.3 Å². The number of fused-ring (bicyclic) bond motifs is 1. The summed E-state index contributed by atoms with van der Waals surface area (Å²) in [6, 6.07) is 0.